The normalized spacial score (nSPS) is 24.3. The molecule has 0 saturated heterocycles. The predicted octanol–water partition coefficient (Wildman–Crippen LogP) is 1.33. The summed E-state index contributed by atoms with van der Waals surface area (Å²) in [5.41, 5.74) is 0.00685. The molecule has 1 atom stereocenters. The molecule has 16 heavy (non-hydrogen) atoms. The zero-order chi connectivity index (χ0) is 11.6. The van der Waals surface area contributed by atoms with Crippen LogP contribution in [0.25, 0.3) is 0 Å². The van der Waals surface area contributed by atoms with E-state index in [1.54, 1.807) is 6.21 Å². The van der Waals surface area contributed by atoms with E-state index in [4.69, 9.17) is 4.84 Å². The van der Waals surface area contributed by atoms with E-state index in [0.717, 1.165) is 5.56 Å². The Morgan fingerprint density at radius 1 is 1.38 bits per heavy atom. The number of nitrogens with zero attached hydrogens (tertiary/aromatic N) is 1. The Kier molecular flexibility index (Phi) is 2.71. The van der Waals surface area contributed by atoms with Gasteiger partial charge in [0.1, 0.15) is 0 Å². The fourth-order valence-corrected chi connectivity index (χ4v) is 3.05. The van der Waals surface area contributed by atoms with Crippen molar-refractivity contribution in [3.05, 3.63) is 35.9 Å². The van der Waals surface area contributed by atoms with Gasteiger partial charge in [0.25, 0.3) is 0 Å². The standard InChI is InChI=1S/C11H13NO3S/c1-16(13,14)9-11(7-8-12-15-11)10-5-3-2-4-6-10/h2-6,8H,7,9H2,1H3. The van der Waals surface area contributed by atoms with Crippen LogP contribution in [0.3, 0.4) is 0 Å². The van der Waals surface area contributed by atoms with E-state index in [1.165, 1.54) is 6.26 Å². The molecule has 0 aromatic heterocycles. The summed E-state index contributed by atoms with van der Waals surface area (Å²) in [7, 11) is -3.12. The zero-order valence-corrected chi connectivity index (χ0v) is 9.78. The molecule has 1 aliphatic rings. The average Bonchev–Trinajstić information content (AvgIpc) is 2.66. The summed E-state index contributed by atoms with van der Waals surface area (Å²) >= 11 is 0. The monoisotopic (exact) mass is 239 g/mol. The van der Waals surface area contributed by atoms with Crippen LogP contribution in [0.4, 0.5) is 0 Å². The van der Waals surface area contributed by atoms with Gasteiger partial charge in [-0.2, -0.15) is 0 Å². The van der Waals surface area contributed by atoms with Crippen molar-refractivity contribution >= 4 is 16.1 Å². The number of hydrogen-bond donors (Lipinski definition) is 0. The first-order chi connectivity index (χ1) is 7.52. The lowest BCUT2D eigenvalue weighted by atomic mass is 9.93. The van der Waals surface area contributed by atoms with Crippen molar-refractivity contribution in [2.75, 3.05) is 12.0 Å². The van der Waals surface area contributed by atoms with E-state index in [0.29, 0.717) is 6.42 Å². The molecule has 1 aliphatic heterocycles. The summed E-state index contributed by atoms with van der Waals surface area (Å²) in [6.45, 7) is 0. The summed E-state index contributed by atoms with van der Waals surface area (Å²) in [4.78, 5) is 5.29. The Labute approximate surface area is 94.8 Å². The molecule has 0 bridgehead atoms. The lowest BCUT2D eigenvalue weighted by Gasteiger charge is -2.25. The average molecular weight is 239 g/mol. The molecule has 5 heteroatoms. The van der Waals surface area contributed by atoms with Crippen molar-refractivity contribution in [1.82, 2.24) is 0 Å². The van der Waals surface area contributed by atoms with Crippen LogP contribution in [0.1, 0.15) is 12.0 Å². The van der Waals surface area contributed by atoms with Crippen molar-refractivity contribution in [2.45, 2.75) is 12.0 Å². The molecule has 0 fully saturated rings. The smallest absolute Gasteiger partial charge is 0.181 e. The van der Waals surface area contributed by atoms with Gasteiger partial charge < -0.3 is 4.84 Å². The van der Waals surface area contributed by atoms with Gasteiger partial charge in [0.05, 0.1) is 5.75 Å². The van der Waals surface area contributed by atoms with Gasteiger partial charge in [-0.05, 0) is 5.56 Å². The van der Waals surface area contributed by atoms with E-state index in [-0.39, 0.29) is 5.75 Å². The van der Waals surface area contributed by atoms with Gasteiger partial charge >= 0.3 is 0 Å². The molecule has 1 unspecified atom stereocenters. The second kappa shape index (κ2) is 3.90. The Morgan fingerprint density at radius 2 is 2.06 bits per heavy atom. The van der Waals surface area contributed by atoms with E-state index < -0.39 is 15.4 Å². The summed E-state index contributed by atoms with van der Waals surface area (Å²) < 4.78 is 22.9. The van der Waals surface area contributed by atoms with Gasteiger partial charge in [0, 0.05) is 18.9 Å². The van der Waals surface area contributed by atoms with Crippen molar-refractivity contribution in [2.24, 2.45) is 5.16 Å². The van der Waals surface area contributed by atoms with Gasteiger partial charge in [-0.25, -0.2) is 8.42 Å². The fraction of sp³-hybridized carbons (Fsp3) is 0.364. The molecule has 0 amide bonds. The van der Waals surface area contributed by atoms with Crippen LogP contribution in [-0.2, 0) is 20.3 Å². The lowest BCUT2D eigenvalue weighted by molar-refractivity contribution is -0.00440. The van der Waals surface area contributed by atoms with E-state index >= 15 is 0 Å². The fourth-order valence-electron chi connectivity index (χ4n) is 1.86. The quantitative estimate of drug-likeness (QED) is 0.799. The molecule has 0 N–H and O–H groups in total. The minimum absolute atomic E-state index is 0.0516. The maximum absolute atomic E-state index is 11.4. The molecule has 0 aliphatic carbocycles. The second-order valence-electron chi connectivity index (χ2n) is 4.01. The molecule has 86 valence electrons. The molecule has 1 heterocycles. The summed E-state index contributed by atoms with van der Waals surface area (Å²) in [5, 5.41) is 3.71. The van der Waals surface area contributed by atoms with E-state index in [1.807, 2.05) is 30.3 Å². The van der Waals surface area contributed by atoms with Crippen LogP contribution in [0.5, 0.6) is 0 Å². The zero-order valence-electron chi connectivity index (χ0n) is 8.96. The van der Waals surface area contributed by atoms with E-state index in [9.17, 15) is 8.42 Å². The highest BCUT2D eigenvalue weighted by atomic mass is 32.2. The summed E-state index contributed by atoms with van der Waals surface area (Å²) in [6, 6.07) is 9.33. The molecule has 4 nitrogen and oxygen atoms in total. The number of hydrogen-bond acceptors (Lipinski definition) is 4. The highest BCUT2D eigenvalue weighted by Crippen LogP contribution is 2.33. The first kappa shape index (κ1) is 11.1. The van der Waals surface area contributed by atoms with Crippen molar-refractivity contribution in [3.63, 3.8) is 0 Å². The van der Waals surface area contributed by atoms with Crippen molar-refractivity contribution < 1.29 is 13.3 Å². The second-order valence-corrected chi connectivity index (χ2v) is 6.15. The largest absolute Gasteiger partial charge is 0.383 e. The predicted molar refractivity (Wildman–Crippen MR) is 62.0 cm³/mol. The number of rotatable bonds is 3. The van der Waals surface area contributed by atoms with Crippen LogP contribution in [0.2, 0.25) is 0 Å². The van der Waals surface area contributed by atoms with Crippen molar-refractivity contribution in [1.29, 1.82) is 0 Å². The summed E-state index contributed by atoms with van der Waals surface area (Å²) in [5.74, 6) is -0.0516. The van der Waals surface area contributed by atoms with Gasteiger partial charge in [0.2, 0.25) is 0 Å². The first-order valence-electron chi connectivity index (χ1n) is 4.95. The van der Waals surface area contributed by atoms with Gasteiger partial charge in [-0.3, -0.25) is 0 Å². The Balaban J connectivity index is 2.38. The third-order valence-electron chi connectivity index (χ3n) is 2.52. The molecule has 1 aromatic carbocycles. The first-order valence-corrected chi connectivity index (χ1v) is 7.01. The minimum atomic E-state index is -3.12. The topological polar surface area (TPSA) is 55.7 Å². The van der Waals surface area contributed by atoms with E-state index in [2.05, 4.69) is 5.16 Å². The van der Waals surface area contributed by atoms with Crippen LogP contribution in [-0.4, -0.2) is 26.6 Å². The van der Waals surface area contributed by atoms with Gasteiger partial charge in [0.15, 0.2) is 15.4 Å². The Hall–Kier alpha value is -1.36. The number of oxime groups is 1. The van der Waals surface area contributed by atoms with Crippen molar-refractivity contribution in [3.8, 4) is 0 Å². The lowest BCUT2D eigenvalue weighted by Crippen LogP contribution is -2.33. The molecule has 2 rings (SSSR count). The maximum Gasteiger partial charge on any atom is 0.181 e. The summed E-state index contributed by atoms with van der Waals surface area (Å²) in [6.07, 6.45) is 3.31. The third-order valence-corrected chi connectivity index (χ3v) is 3.51. The van der Waals surface area contributed by atoms with Gasteiger partial charge in [-0.1, -0.05) is 35.5 Å². The number of benzene rings is 1. The number of sulfone groups is 1. The molecule has 0 radical (unpaired) electrons. The van der Waals surface area contributed by atoms with Gasteiger partial charge in [-0.15, -0.1) is 0 Å². The van der Waals surface area contributed by atoms with Crippen LogP contribution in [0.15, 0.2) is 35.5 Å². The molecule has 1 aromatic rings. The molecular weight excluding hydrogens is 226 g/mol. The van der Waals surface area contributed by atoms with Crippen LogP contribution < -0.4 is 0 Å². The minimum Gasteiger partial charge on any atom is -0.383 e. The van der Waals surface area contributed by atoms with Crippen LogP contribution in [0, 0.1) is 0 Å². The SMILES string of the molecule is CS(=O)(=O)CC1(c2ccccc2)CC=NO1. The molecule has 0 spiro atoms. The highest BCUT2D eigenvalue weighted by molar-refractivity contribution is 7.90. The Morgan fingerprint density at radius 3 is 2.56 bits per heavy atom. The third kappa shape index (κ3) is 2.24. The van der Waals surface area contributed by atoms with Crippen LogP contribution >= 0.6 is 0 Å². The Bertz CT molecular complexity index is 485. The highest BCUT2D eigenvalue weighted by Gasteiger charge is 2.40. The maximum atomic E-state index is 11.4. The molecule has 0 saturated carbocycles. The molecular formula is C11H13NO3S.